The van der Waals surface area contributed by atoms with E-state index in [-0.39, 0.29) is 19.0 Å². The monoisotopic (exact) mass is 391 g/mol. The lowest BCUT2D eigenvalue weighted by Gasteiger charge is -2.38. The maximum atomic E-state index is 13.9. The normalized spacial score (nSPS) is 21.6. The molecule has 0 aromatic rings. The first-order valence-electron chi connectivity index (χ1n) is 7.52. The highest BCUT2D eigenvalue weighted by Crippen LogP contribution is 2.28. The molecular formula is C13H24ClF2N3O4S. The van der Waals surface area contributed by atoms with Gasteiger partial charge in [-0.1, -0.05) is 0 Å². The van der Waals surface area contributed by atoms with E-state index in [1.54, 1.807) is 20.8 Å². The quantitative estimate of drug-likeness (QED) is 0.532. The molecule has 7 nitrogen and oxygen atoms in total. The van der Waals surface area contributed by atoms with Gasteiger partial charge in [-0.3, -0.25) is 0 Å². The van der Waals surface area contributed by atoms with Gasteiger partial charge in [0.2, 0.25) is 0 Å². The number of hydrogen-bond donors (Lipinski definition) is 2. The van der Waals surface area contributed by atoms with Gasteiger partial charge in [0.15, 0.2) is 0 Å². The van der Waals surface area contributed by atoms with Gasteiger partial charge >= 0.3 is 6.09 Å². The predicted molar refractivity (Wildman–Crippen MR) is 86.6 cm³/mol. The molecule has 1 saturated heterocycles. The summed E-state index contributed by atoms with van der Waals surface area (Å²) in [5.41, 5.74) is -0.831. The number of nitrogens with zero attached hydrogens (tertiary/aromatic N) is 1. The standard InChI is InChI=1S/C13H24ClF2N3O4S/c1-12(2,3)23-11(20)19-8-10(7-13(15,16)9-19)18-24(21,22)17-6-4-5-14/h10,17-18H,4-9H2,1-3H3/t10-/m1/s1. The molecule has 1 aliphatic rings. The average molecular weight is 392 g/mol. The van der Waals surface area contributed by atoms with Crippen molar-refractivity contribution in [3.8, 4) is 0 Å². The Bertz CT molecular complexity index is 540. The molecule has 11 heteroatoms. The number of alkyl halides is 3. The van der Waals surface area contributed by atoms with Crippen LogP contribution in [-0.2, 0) is 14.9 Å². The third-order valence-corrected chi connectivity index (χ3v) is 4.48. The molecule has 2 N–H and O–H groups in total. The second kappa shape index (κ2) is 8.11. The van der Waals surface area contributed by atoms with Gasteiger partial charge in [0.05, 0.1) is 6.54 Å². The zero-order chi connectivity index (χ0) is 18.6. The summed E-state index contributed by atoms with van der Waals surface area (Å²) in [5, 5.41) is 0. The predicted octanol–water partition coefficient (Wildman–Crippen LogP) is 1.68. The molecule has 0 spiro atoms. The molecule has 0 aromatic carbocycles. The van der Waals surface area contributed by atoms with Crippen molar-refractivity contribution in [1.29, 1.82) is 0 Å². The number of carbonyl (C=O) groups excluding carboxylic acids is 1. The van der Waals surface area contributed by atoms with Crippen LogP contribution in [0, 0.1) is 0 Å². The highest BCUT2D eigenvalue weighted by Gasteiger charge is 2.44. The van der Waals surface area contributed by atoms with Crippen LogP contribution in [0.15, 0.2) is 0 Å². The van der Waals surface area contributed by atoms with E-state index >= 15 is 0 Å². The van der Waals surface area contributed by atoms with E-state index in [9.17, 15) is 22.0 Å². The molecule has 1 aliphatic heterocycles. The fourth-order valence-electron chi connectivity index (χ4n) is 2.18. The van der Waals surface area contributed by atoms with Crippen LogP contribution in [0.5, 0.6) is 0 Å². The van der Waals surface area contributed by atoms with Crippen LogP contribution in [-0.4, -0.2) is 62.5 Å². The molecule has 0 bridgehead atoms. The van der Waals surface area contributed by atoms with Gasteiger partial charge in [-0.05, 0) is 27.2 Å². The Morgan fingerprint density at radius 1 is 1.42 bits per heavy atom. The smallest absolute Gasteiger partial charge is 0.410 e. The van der Waals surface area contributed by atoms with Gasteiger partial charge in [-0.15, -0.1) is 11.6 Å². The van der Waals surface area contributed by atoms with Crippen LogP contribution in [0.2, 0.25) is 0 Å². The van der Waals surface area contributed by atoms with Crippen molar-refractivity contribution in [2.24, 2.45) is 0 Å². The number of halogens is 3. The first-order chi connectivity index (χ1) is 10.8. The summed E-state index contributed by atoms with van der Waals surface area (Å²) in [6.45, 7) is 3.95. The molecule has 0 aliphatic carbocycles. The molecule has 0 aromatic heterocycles. The van der Waals surface area contributed by atoms with E-state index in [2.05, 4.69) is 9.44 Å². The van der Waals surface area contributed by atoms with Crippen molar-refractivity contribution in [2.75, 3.05) is 25.5 Å². The topological polar surface area (TPSA) is 87.7 Å². The van der Waals surface area contributed by atoms with Crippen LogP contribution in [0.1, 0.15) is 33.6 Å². The van der Waals surface area contributed by atoms with Crippen LogP contribution >= 0.6 is 11.6 Å². The molecule has 1 rings (SSSR count). The molecule has 1 amide bonds. The summed E-state index contributed by atoms with van der Waals surface area (Å²) in [6, 6.07) is -1.12. The van der Waals surface area contributed by atoms with Crippen molar-refractivity contribution >= 4 is 27.9 Å². The van der Waals surface area contributed by atoms with Crippen molar-refractivity contribution in [3.05, 3.63) is 0 Å². The lowest BCUT2D eigenvalue weighted by molar-refractivity contribution is -0.0761. The van der Waals surface area contributed by atoms with Crippen LogP contribution < -0.4 is 9.44 Å². The minimum Gasteiger partial charge on any atom is -0.444 e. The van der Waals surface area contributed by atoms with Gasteiger partial charge in [0, 0.05) is 31.4 Å². The molecule has 1 fully saturated rings. The Morgan fingerprint density at radius 3 is 2.58 bits per heavy atom. The molecule has 0 radical (unpaired) electrons. The Balaban J connectivity index is 2.73. The third-order valence-electron chi connectivity index (χ3n) is 2.98. The number of nitrogens with one attached hydrogen (secondary N) is 2. The van der Waals surface area contributed by atoms with E-state index in [4.69, 9.17) is 16.3 Å². The van der Waals surface area contributed by atoms with E-state index in [0.29, 0.717) is 6.42 Å². The maximum absolute atomic E-state index is 13.9. The van der Waals surface area contributed by atoms with Crippen molar-refractivity contribution in [1.82, 2.24) is 14.3 Å². The number of carbonyl (C=O) groups is 1. The first-order valence-corrected chi connectivity index (χ1v) is 9.54. The minimum atomic E-state index is -3.96. The van der Waals surface area contributed by atoms with Crippen LogP contribution in [0.3, 0.4) is 0 Å². The first kappa shape index (κ1) is 21.3. The van der Waals surface area contributed by atoms with E-state index in [1.807, 2.05) is 0 Å². The van der Waals surface area contributed by atoms with Crippen LogP contribution in [0.4, 0.5) is 13.6 Å². The summed E-state index contributed by atoms with van der Waals surface area (Å²) < 4.78 is 60.8. The van der Waals surface area contributed by atoms with Gasteiger partial charge in [-0.2, -0.15) is 13.1 Å². The summed E-state index contributed by atoms with van der Waals surface area (Å²) in [4.78, 5) is 12.8. The number of likely N-dealkylation sites (tertiary alicyclic amines) is 1. The SMILES string of the molecule is CC(C)(C)OC(=O)N1C[C@H](NS(=O)(=O)NCCCCl)CC(F)(F)C1. The Hall–Kier alpha value is -0.710. The van der Waals surface area contributed by atoms with Gasteiger partial charge < -0.3 is 9.64 Å². The van der Waals surface area contributed by atoms with Gasteiger partial charge in [-0.25, -0.2) is 18.3 Å². The molecule has 1 atom stereocenters. The second-order valence-corrected chi connectivity index (χ2v) is 8.59. The van der Waals surface area contributed by atoms with Crippen molar-refractivity contribution in [3.63, 3.8) is 0 Å². The average Bonchev–Trinajstić information content (AvgIpc) is 2.34. The van der Waals surface area contributed by atoms with Crippen molar-refractivity contribution < 1.29 is 26.7 Å². The number of hydrogen-bond acceptors (Lipinski definition) is 4. The maximum Gasteiger partial charge on any atom is 0.410 e. The van der Waals surface area contributed by atoms with E-state index < -0.39 is 46.8 Å². The fourth-order valence-corrected chi connectivity index (χ4v) is 3.41. The summed E-state index contributed by atoms with van der Waals surface area (Å²) in [7, 11) is -3.96. The highest BCUT2D eigenvalue weighted by molar-refractivity contribution is 7.87. The number of piperidine rings is 1. The third kappa shape index (κ3) is 7.91. The lowest BCUT2D eigenvalue weighted by Crippen LogP contribution is -2.58. The fraction of sp³-hybridized carbons (Fsp3) is 0.923. The molecule has 1 heterocycles. The molecule has 142 valence electrons. The van der Waals surface area contributed by atoms with Gasteiger partial charge in [0.1, 0.15) is 5.60 Å². The highest BCUT2D eigenvalue weighted by atomic mass is 35.5. The van der Waals surface area contributed by atoms with E-state index in [1.165, 1.54) is 0 Å². The molecular weight excluding hydrogens is 368 g/mol. The minimum absolute atomic E-state index is 0.0950. The largest absolute Gasteiger partial charge is 0.444 e. The lowest BCUT2D eigenvalue weighted by atomic mass is 10.0. The summed E-state index contributed by atoms with van der Waals surface area (Å²) >= 11 is 5.45. The Morgan fingerprint density at radius 2 is 2.04 bits per heavy atom. The second-order valence-electron chi connectivity index (χ2n) is 6.68. The van der Waals surface area contributed by atoms with Crippen LogP contribution in [0.25, 0.3) is 0 Å². The molecule has 24 heavy (non-hydrogen) atoms. The summed E-state index contributed by atoms with van der Waals surface area (Å²) in [6.07, 6.45) is -1.18. The number of ether oxygens (including phenoxy) is 1. The zero-order valence-corrected chi connectivity index (χ0v) is 15.5. The number of amides is 1. The zero-order valence-electron chi connectivity index (χ0n) is 13.9. The summed E-state index contributed by atoms with van der Waals surface area (Å²) in [5.74, 6) is -2.94. The van der Waals surface area contributed by atoms with E-state index in [0.717, 1.165) is 4.90 Å². The molecule has 0 unspecified atom stereocenters. The number of rotatable bonds is 6. The Kier molecular flexibility index (Phi) is 7.21. The Labute approximate surface area is 146 Å². The molecule has 0 saturated carbocycles. The van der Waals surface area contributed by atoms with Gasteiger partial charge in [0.25, 0.3) is 16.1 Å². The van der Waals surface area contributed by atoms with Crippen molar-refractivity contribution in [2.45, 2.75) is 51.2 Å².